The summed E-state index contributed by atoms with van der Waals surface area (Å²) >= 11 is 0. The summed E-state index contributed by atoms with van der Waals surface area (Å²) in [6.45, 7) is 5.87. The first-order valence-corrected chi connectivity index (χ1v) is 9.90. The van der Waals surface area contributed by atoms with E-state index in [1.54, 1.807) is 6.92 Å². The Bertz CT molecular complexity index is 863. The molecule has 2 aromatic rings. The van der Waals surface area contributed by atoms with Crippen molar-refractivity contribution in [1.82, 2.24) is 4.98 Å². The molecule has 27 heavy (non-hydrogen) atoms. The maximum Gasteiger partial charge on any atom is 0.169 e. The molecule has 0 bridgehead atoms. The van der Waals surface area contributed by atoms with Crippen molar-refractivity contribution in [3.05, 3.63) is 70.3 Å². The number of aryl methyl sites for hydroxylation is 1. The van der Waals surface area contributed by atoms with Crippen molar-refractivity contribution in [2.75, 3.05) is 0 Å². The van der Waals surface area contributed by atoms with E-state index in [0.29, 0.717) is 17.0 Å². The molecule has 0 spiro atoms. The summed E-state index contributed by atoms with van der Waals surface area (Å²) in [5, 5.41) is 0. The van der Waals surface area contributed by atoms with E-state index in [0.717, 1.165) is 11.8 Å². The lowest BCUT2D eigenvalue weighted by atomic mass is 9.79. The van der Waals surface area contributed by atoms with Crippen LogP contribution in [0.3, 0.4) is 0 Å². The average molecular weight is 365 g/mol. The number of carbonyl (C=O) groups excluding carboxylic acids is 1. The van der Waals surface area contributed by atoms with Gasteiger partial charge in [-0.3, -0.25) is 9.78 Å². The molecule has 1 aromatic carbocycles. The van der Waals surface area contributed by atoms with Crippen LogP contribution in [0.25, 0.3) is 5.57 Å². The summed E-state index contributed by atoms with van der Waals surface area (Å²) in [4.78, 5) is 16.4. The summed E-state index contributed by atoms with van der Waals surface area (Å²) in [5.74, 6) is 0.124. The maximum atomic E-state index is 13.7. The largest absolute Gasteiger partial charge is 0.294 e. The van der Waals surface area contributed by atoms with Gasteiger partial charge in [0.15, 0.2) is 5.78 Å². The molecule has 1 saturated carbocycles. The Labute approximate surface area is 161 Å². The second-order valence-corrected chi connectivity index (χ2v) is 7.62. The molecule has 142 valence electrons. The molecule has 1 aromatic heterocycles. The van der Waals surface area contributed by atoms with Crippen molar-refractivity contribution in [3.8, 4) is 0 Å². The first-order chi connectivity index (χ1) is 13.0. The van der Waals surface area contributed by atoms with Gasteiger partial charge in [-0.25, -0.2) is 4.39 Å². The Balaban J connectivity index is 1.80. The fourth-order valence-corrected chi connectivity index (χ4v) is 4.25. The monoisotopic (exact) mass is 365 g/mol. The van der Waals surface area contributed by atoms with Gasteiger partial charge in [0.05, 0.1) is 6.20 Å². The Hall–Kier alpha value is -2.29. The molecule has 3 heteroatoms. The van der Waals surface area contributed by atoms with E-state index in [-0.39, 0.29) is 12.2 Å². The van der Waals surface area contributed by atoms with Gasteiger partial charge in [-0.05, 0) is 67.4 Å². The molecule has 2 nitrogen and oxygen atoms in total. The highest BCUT2D eigenvalue weighted by Gasteiger charge is 2.20. The summed E-state index contributed by atoms with van der Waals surface area (Å²) in [7, 11) is 0. The number of ketones is 1. The highest BCUT2D eigenvalue weighted by atomic mass is 19.1. The van der Waals surface area contributed by atoms with E-state index in [1.165, 1.54) is 55.0 Å². The summed E-state index contributed by atoms with van der Waals surface area (Å²) < 4.78 is 13.7. The van der Waals surface area contributed by atoms with Gasteiger partial charge < -0.3 is 0 Å². The summed E-state index contributed by atoms with van der Waals surface area (Å²) in [6, 6.07) is 6.29. The van der Waals surface area contributed by atoms with Crippen LogP contribution in [-0.4, -0.2) is 10.8 Å². The first-order valence-electron chi connectivity index (χ1n) is 9.90. The van der Waals surface area contributed by atoms with E-state index < -0.39 is 5.82 Å². The van der Waals surface area contributed by atoms with Crippen molar-refractivity contribution >= 4 is 11.4 Å². The molecule has 0 saturated heterocycles. The molecule has 0 amide bonds. The number of nitrogens with zero attached hydrogens (tertiary/aromatic N) is 1. The third-order valence-electron chi connectivity index (χ3n) is 5.78. The predicted octanol–water partition coefficient (Wildman–Crippen LogP) is 6.25. The Kier molecular flexibility index (Phi) is 6.20. The minimum absolute atomic E-state index is 0.0924. The van der Waals surface area contributed by atoms with E-state index in [1.807, 2.05) is 6.07 Å². The normalized spacial score (nSPS) is 15.8. The van der Waals surface area contributed by atoms with Crippen molar-refractivity contribution in [2.24, 2.45) is 5.92 Å². The zero-order chi connectivity index (χ0) is 19.4. The van der Waals surface area contributed by atoms with Gasteiger partial charge in [0.2, 0.25) is 0 Å². The van der Waals surface area contributed by atoms with Crippen LogP contribution >= 0.6 is 0 Å². The van der Waals surface area contributed by atoms with Crippen molar-refractivity contribution < 1.29 is 9.18 Å². The van der Waals surface area contributed by atoms with Gasteiger partial charge in [0.25, 0.3) is 0 Å². The van der Waals surface area contributed by atoms with Crippen LogP contribution < -0.4 is 0 Å². The predicted molar refractivity (Wildman–Crippen MR) is 108 cm³/mol. The molecule has 1 fully saturated rings. The third-order valence-corrected chi connectivity index (χ3v) is 5.78. The molecular weight excluding hydrogens is 337 g/mol. The topological polar surface area (TPSA) is 30.0 Å². The number of hydrogen-bond acceptors (Lipinski definition) is 2. The highest BCUT2D eigenvalue weighted by Crippen LogP contribution is 2.36. The van der Waals surface area contributed by atoms with Crippen LogP contribution in [0, 0.1) is 25.6 Å². The molecule has 0 unspecified atom stereocenters. The molecular formula is C24H28FNO. The van der Waals surface area contributed by atoms with Crippen molar-refractivity contribution in [3.63, 3.8) is 0 Å². The van der Waals surface area contributed by atoms with Gasteiger partial charge in [0.1, 0.15) is 5.82 Å². The van der Waals surface area contributed by atoms with Crippen molar-refractivity contribution in [2.45, 2.75) is 59.3 Å². The standard InChI is InChI=1S/C24H28FNO/c1-4-20(19-8-6-5-7-9-19)21-11-10-18(12-16(21)2)13-24(27)22-14-26-15-23(25)17(22)3/h4,10-12,14-15,19H,5-9,13H2,1-3H3/b20-4-. The van der Waals surface area contributed by atoms with Gasteiger partial charge in [0, 0.05) is 18.2 Å². The Morgan fingerprint density at radius 3 is 2.56 bits per heavy atom. The minimum atomic E-state index is -0.433. The molecule has 1 heterocycles. The Morgan fingerprint density at radius 1 is 1.15 bits per heavy atom. The lowest BCUT2D eigenvalue weighted by Crippen LogP contribution is -2.10. The zero-order valence-electron chi connectivity index (χ0n) is 16.5. The van der Waals surface area contributed by atoms with E-state index in [2.05, 4.69) is 37.0 Å². The molecule has 3 rings (SSSR count). The average Bonchev–Trinajstić information content (AvgIpc) is 2.67. The second kappa shape index (κ2) is 8.60. The number of allylic oxidation sites excluding steroid dienone is 2. The van der Waals surface area contributed by atoms with Crippen LogP contribution in [0.5, 0.6) is 0 Å². The maximum absolute atomic E-state index is 13.7. The summed E-state index contributed by atoms with van der Waals surface area (Å²) in [6.07, 6.45) is 11.6. The smallest absolute Gasteiger partial charge is 0.169 e. The molecule has 0 N–H and O–H groups in total. The van der Waals surface area contributed by atoms with Crippen LogP contribution in [0.4, 0.5) is 4.39 Å². The molecule has 0 aliphatic heterocycles. The fraction of sp³-hybridized carbons (Fsp3) is 0.417. The van der Waals surface area contributed by atoms with E-state index >= 15 is 0 Å². The van der Waals surface area contributed by atoms with Crippen LogP contribution in [0.2, 0.25) is 0 Å². The Morgan fingerprint density at radius 2 is 1.89 bits per heavy atom. The zero-order valence-corrected chi connectivity index (χ0v) is 16.5. The SMILES string of the molecule is C/C=C(\c1ccc(CC(=O)c2cncc(F)c2C)cc1C)C1CCCCC1. The number of benzene rings is 1. The summed E-state index contributed by atoms with van der Waals surface area (Å²) in [5.41, 5.74) is 5.64. The number of rotatable bonds is 5. The molecule has 0 radical (unpaired) electrons. The number of hydrogen-bond donors (Lipinski definition) is 0. The first kappa shape index (κ1) is 19.5. The van der Waals surface area contributed by atoms with E-state index in [9.17, 15) is 9.18 Å². The number of aromatic nitrogens is 1. The highest BCUT2D eigenvalue weighted by molar-refractivity contribution is 5.98. The quantitative estimate of drug-likeness (QED) is 0.586. The van der Waals surface area contributed by atoms with E-state index in [4.69, 9.17) is 0 Å². The van der Waals surface area contributed by atoms with Gasteiger partial charge in [-0.15, -0.1) is 0 Å². The molecule has 1 aliphatic rings. The van der Waals surface area contributed by atoms with Crippen LogP contribution in [-0.2, 0) is 6.42 Å². The van der Waals surface area contributed by atoms with Gasteiger partial charge in [-0.2, -0.15) is 0 Å². The number of halogens is 1. The number of pyridine rings is 1. The fourth-order valence-electron chi connectivity index (χ4n) is 4.25. The lowest BCUT2D eigenvalue weighted by Gasteiger charge is -2.26. The van der Waals surface area contributed by atoms with Crippen LogP contribution in [0.1, 0.15) is 71.6 Å². The third kappa shape index (κ3) is 4.35. The van der Waals surface area contributed by atoms with Gasteiger partial charge >= 0.3 is 0 Å². The molecule has 0 atom stereocenters. The number of carbonyl (C=O) groups is 1. The van der Waals surface area contributed by atoms with Crippen molar-refractivity contribution in [1.29, 1.82) is 0 Å². The lowest BCUT2D eigenvalue weighted by molar-refractivity contribution is 0.0991. The van der Waals surface area contributed by atoms with Gasteiger partial charge in [-0.1, -0.05) is 43.5 Å². The van der Waals surface area contributed by atoms with Crippen LogP contribution in [0.15, 0.2) is 36.7 Å². The second-order valence-electron chi connectivity index (χ2n) is 7.62. The minimum Gasteiger partial charge on any atom is -0.294 e. The number of Topliss-reactive ketones (excluding diaryl/α,β-unsaturated/α-hetero) is 1. The molecule has 1 aliphatic carbocycles.